The lowest BCUT2D eigenvalue weighted by Gasteiger charge is -2.32. The van der Waals surface area contributed by atoms with Crippen LogP contribution in [0.25, 0.3) is 0 Å². The first-order chi connectivity index (χ1) is 7.29. The van der Waals surface area contributed by atoms with Crippen LogP contribution in [0.2, 0.25) is 0 Å². The molecular weight excluding hydrogens is 190 g/mol. The number of aliphatic hydroxyl groups excluding tert-OH is 1. The summed E-state index contributed by atoms with van der Waals surface area (Å²) in [6.07, 6.45) is 1.48. The fraction of sp³-hybridized carbons (Fsp3) is 0.500. The van der Waals surface area contributed by atoms with Crippen molar-refractivity contribution in [1.82, 2.24) is 5.32 Å². The Bertz CT molecular complexity index is 323. The van der Waals surface area contributed by atoms with Crippen LogP contribution in [0.4, 0.5) is 0 Å². The Morgan fingerprint density at radius 1 is 1.60 bits per heavy atom. The maximum absolute atomic E-state index is 9.88. The van der Waals surface area contributed by atoms with Gasteiger partial charge in [0.05, 0.1) is 13.2 Å². The standard InChI is InChI=1S/C12H17NO2/c1-15-10-4-2-3-9(7-10)8-12(14)11-5-6-13-11/h2-4,7,11-14H,5-6,8H2,1H3. The van der Waals surface area contributed by atoms with E-state index >= 15 is 0 Å². The number of nitrogens with one attached hydrogen (secondary N) is 1. The normalized spacial score (nSPS) is 21.9. The second-order valence-corrected chi connectivity index (χ2v) is 3.97. The van der Waals surface area contributed by atoms with Crippen molar-refractivity contribution in [3.8, 4) is 5.75 Å². The predicted molar refractivity (Wildman–Crippen MR) is 59.1 cm³/mol. The Labute approximate surface area is 90.1 Å². The highest BCUT2D eigenvalue weighted by atomic mass is 16.5. The number of aliphatic hydroxyl groups is 1. The van der Waals surface area contributed by atoms with Crippen LogP contribution in [0.1, 0.15) is 12.0 Å². The van der Waals surface area contributed by atoms with Crippen LogP contribution >= 0.6 is 0 Å². The van der Waals surface area contributed by atoms with E-state index in [2.05, 4.69) is 5.32 Å². The minimum absolute atomic E-state index is 0.274. The Hall–Kier alpha value is -1.06. The molecule has 0 bridgehead atoms. The molecule has 1 heterocycles. The van der Waals surface area contributed by atoms with E-state index in [1.54, 1.807) is 7.11 Å². The average Bonchev–Trinajstić information content (AvgIpc) is 2.15. The van der Waals surface area contributed by atoms with Crippen molar-refractivity contribution in [1.29, 1.82) is 0 Å². The van der Waals surface area contributed by atoms with E-state index in [4.69, 9.17) is 4.74 Å². The fourth-order valence-corrected chi connectivity index (χ4v) is 1.82. The summed E-state index contributed by atoms with van der Waals surface area (Å²) in [5, 5.41) is 13.1. The summed E-state index contributed by atoms with van der Waals surface area (Å²) in [6, 6.07) is 8.13. The molecule has 0 amide bonds. The van der Waals surface area contributed by atoms with E-state index in [0.717, 1.165) is 24.3 Å². The highest BCUT2D eigenvalue weighted by molar-refractivity contribution is 5.29. The van der Waals surface area contributed by atoms with Gasteiger partial charge in [-0.05, 0) is 30.7 Å². The van der Waals surface area contributed by atoms with Crippen LogP contribution in [0.5, 0.6) is 5.75 Å². The highest BCUT2D eigenvalue weighted by Gasteiger charge is 2.24. The van der Waals surface area contributed by atoms with Crippen molar-refractivity contribution in [3.63, 3.8) is 0 Å². The van der Waals surface area contributed by atoms with Gasteiger partial charge in [-0.15, -0.1) is 0 Å². The minimum atomic E-state index is -0.286. The Morgan fingerprint density at radius 2 is 2.40 bits per heavy atom. The maximum atomic E-state index is 9.88. The molecule has 0 aliphatic carbocycles. The van der Waals surface area contributed by atoms with Gasteiger partial charge in [-0.1, -0.05) is 12.1 Å². The van der Waals surface area contributed by atoms with Gasteiger partial charge in [-0.3, -0.25) is 0 Å². The fourth-order valence-electron chi connectivity index (χ4n) is 1.82. The van der Waals surface area contributed by atoms with Crippen molar-refractivity contribution in [2.75, 3.05) is 13.7 Å². The lowest BCUT2D eigenvalue weighted by Crippen LogP contribution is -2.51. The quantitative estimate of drug-likeness (QED) is 0.772. The molecule has 0 saturated carbocycles. The zero-order chi connectivity index (χ0) is 10.7. The maximum Gasteiger partial charge on any atom is 0.119 e. The third kappa shape index (κ3) is 2.49. The number of rotatable bonds is 4. The van der Waals surface area contributed by atoms with Gasteiger partial charge in [0.1, 0.15) is 5.75 Å². The molecule has 1 aliphatic heterocycles. The summed E-state index contributed by atoms with van der Waals surface area (Å²) >= 11 is 0. The monoisotopic (exact) mass is 207 g/mol. The van der Waals surface area contributed by atoms with Crippen LogP contribution in [0.3, 0.4) is 0 Å². The van der Waals surface area contributed by atoms with E-state index in [1.165, 1.54) is 0 Å². The number of methoxy groups -OCH3 is 1. The average molecular weight is 207 g/mol. The Morgan fingerprint density at radius 3 is 3.00 bits per heavy atom. The van der Waals surface area contributed by atoms with E-state index < -0.39 is 0 Å². The molecule has 1 saturated heterocycles. The Balaban J connectivity index is 1.96. The molecule has 2 atom stereocenters. The zero-order valence-corrected chi connectivity index (χ0v) is 8.94. The molecule has 1 aromatic rings. The summed E-state index contributed by atoms with van der Waals surface area (Å²) in [5.74, 6) is 0.848. The van der Waals surface area contributed by atoms with Crippen molar-refractivity contribution < 1.29 is 9.84 Å². The topological polar surface area (TPSA) is 41.5 Å². The van der Waals surface area contributed by atoms with Crippen molar-refractivity contribution in [3.05, 3.63) is 29.8 Å². The summed E-state index contributed by atoms with van der Waals surface area (Å²) in [4.78, 5) is 0. The second kappa shape index (κ2) is 4.64. The van der Waals surface area contributed by atoms with Gasteiger partial charge >= 0.3 is 0 Å². The lowest BCUT2D eigenvalue weighted by molar-refractivity contribution is 0.0955. The summed E-state index contributed by atoms with van der Waals surface area (Å²) < 4.78 is 5.14. The van der Waals surface area contributed by atoms with Crippen LogP contribution in [0, 0.1) is 0 Å². The SMILES string of the molecule is COc1cccc(CC(O)C2CCN2)c1. The van der Waals surface area contributed by atoms with Crippen molar-refractivity contribution in [2.45, 2.75) is 25.0 Å². The molecule has 1 aromatic carbocycles. The number of benzene rings is 1. The molecular formula is C12H17NO2. The number of hydrogen-bond acceptors (Lipinski definition) is 3. The van der Waals surface area contributed by atoms with Crippen molar-refractivity contribution >= 4 is 0 Å². The van der Waals surface area contributed by atoms with Crippen LogP contribution in [-0.2, 0) is 6.42 Å². The molecule has 1 fully saturated rings. The van der Waals surface area contributed by atoms with Crippen LogP contribution in [0.15, 0.2) is 24.3 Å². The smallest absolute Gasteiger partial charge is 0.119 e. The van der Waals surface area contributed by atoms with Gasteiger partial charge in [0.2, 0.25) is 0 Å². The molecule has 3 heteroatoms. The van der Waals surface area contributed by atoms with Gasteiger partial charge in [0.15, 0.2) is 0 Å². The number of hydrogen-bond donors (Lipinski definition) is 2. The van der Waals surface area contributed by atoms with E-state index in [-0.39, 0.29) is 12.1 Å². The molecule has 2 rings (SSSR count). The number of ether oxygens (including phenoxy) is 1. The van der Waals surface area contributed by atoms with E-state index in [9.17, 15) is 5.11 Å². The third-order valence-corrected chi connectivity index (χ3v) is 2.91. The molecule has 2 N–H and O–H groups in total. The molecule has 0 spiro atoms. The van der Waals surface area contributed by atoms with Crippen molar-refractivity contribution in [2.24, 2.45) is 0 Å². The first-order valence-corrected chi connectivity index (χ1v) is 5.34. The van der Waals surface area contributed by atoms with Gasteiger partial charge in [0, 0.05) is 12.5 Å². The zero-order valence-electron chi connectivity index (χ0n) is 8.94. The molecule has 1 aliphatic rings. The van der Waals surface area contributed by atoms with E-state index in [1.807, 2.05) is 24.3 Å². The predicted octanol–water partition coefficient (Wildman–Crippen LogP) is 0.960. The summed E-state index contributed by atoms with van der Waals surface area (Å²) in [7, 11) is 1.66. The first-order valence-electron chi connectivity index (χ1n) is 5.34. The van der Waals surface area contributed by atoms with Crippen LogP contribution in [-0.4, -0.2) is 30.9 Å². The molecule has 3 nitrogen and oxygen atoms in total. The van der Waals surface area contributed by atoms with E-state index in [0.29, 0.717) is 6.42 Å². The van der Waals surface area contributed by atoms with Crippen LogP contribution < -0.4 is 10.1 Å². The summed E-state index contributed by atoms with van der Waals surface area (Å²) in [5.41, 5.74) is 1.12. The highest BCUT2D eigenvalue weighted by Crippen LogP contribution is 2.17. The van der Waals surface area contributed by atoms with Gasteiger partial charge in [-0.2, -0.15) is 0 Å². The van der Waals surface area contributed by atoms with Gasteiger partial charge < -0.3 is 15.2 Å². The first kappa shape index (κ1) is 10.5. The molecule has 0 radical (unpaired) electrons. The lowest BCUT2D eigenvalue weighted by atomic mass is 9.95. The molecule has 82 valence electrons. The summed E-state index contributed by atoms with van der Waals surface area (Å²) in [6.45, 7) is 1.03. The third-order valence-electron chi connectivity index (χ3n) is 2.91. The second-order valence-electron chi connectivity index (χ2n) is 3.97. The van der Waals surface area contributed by atoms with Gasteiger partial charge in [-0.25, -0.2) is 0 Å². The van der Waals surface area contributed by atoms with Gasteiger partial charge in [0.25, 0.3) is 0 Å². The molecule has 0 aromatic heterocycles. The largest absolute Gasteiger partial charge is 0.497 e. The molecule has 2 unspecified atom stereocenters. The molecule has 15 heavy (non-hydrogen) atoms. The Kier molecular flexibility index (Phi) is 3.23. The minimum Gasteiger partial charge on any atom is -0.497 e.